The van der Waals surface area contributed by atoms with Crippen molar-refractivity contribution in [3.63, 3.8) is 0 Å². The fraction of sp³-hybridized carbons (Fsp3) is 0. The second-order valence-electron chi connectivity index (χ2n) is 4.56. The van der Waals surface area contributed by atoms with Crippen molar-refractivity contribution in [2.24, 2.45) is 0 Å². The van der Waals surface area contributed by atoms with Gasteiger partial charge in [-0.2, -0.15) is 0 Å². The zero-order chi connectivity index (χ0) is 12.7. The fourth-order valence-electron chi connectivity index (χ4n) is 2.52. The molecule has 0 aliphatic carbocycles. The predicted octanol–water partition coefficient (Wildman–Crippen LogP) is 5.52. The van der Waals surface area contributed by atoms with Crippen molar-refractivity contribution in [3.05, 3.63) is 72.8 Å². The van der Waals surface area contributed by atoms with Crippen molar-refractivity contribution in [2.75, 3.05) is 0 Å². The molecule has 0 amide bonds. The van der Waals surface area contributed by atoms with E-state index in [1.807, 2.05) is 17.4 Å². The Morgan fingerprint density at radius 2 is 1.68 bits per heavy atom. The summed E-state index contributed by atoms with van der Waals surface area (Å²) in [6.07, 6.45) is 0. The van der Waals surface area contributed by atoms with Crippen molar-refractivity contribution in [1.82, 2.24) is 0 Å². The van der Waals surface area contributed by atoms with Crippen LogP contribution in [0.25, 0.3) is 31.3 Å². The molecule has 1 heteroatoms. The van der Waals surface area contributed by atoms with Crippen molar-refractivity contribution >= 4 is 31.5 Å². The average molecular weight is 259 g/mol. The highest BCUT2D eigenvalue weighted by atomic mass is 32.1. The molecular formula is C18H11S. The van der Waals surface area contributed by atoms with Crippen LogP contribution in [0.5, 0.6) is 0 Å². The Balaban J connectivity index is 2.13. The van der Waals surface area contributed by atoms with Crippen LogP contribution in [-0.4, -0.2) is 0 Å². The molecule has 0 saturated heterocycles. The molecule has 1 aromatic heterocycles. The molecule has 0 fully saturated rings. The Bertz CT molecular complexity index is 857. The molecule has 1 radical (unpaired) electrons. The molecule has 0 atom stereocenters. The molecule has 0 nitrogen and oxygen atoms in total. The van der Waals surface area contributed by atoms with Gasteiger partial charge in [0.1, 0.15) is 0 Å². The standard InChI is InChI=1S/C18H11S/c1-2-7-13(8-3-1)14-10-6-11-16-15-9-4-5-12-17(15)19-18(14)16/h1-8,10-12H. The van der Waals surface area contributed by atoms with Crippen molar-refractivity contribution in [2.45, 2.75) is 0 Å². The fourth-order valence-corrected chi connectivity index (χ4v) is 3.73. The Morgan fingerprint density at radius 3 is 2.58 bits per heavy atom. The summed E-state index contributed by atoms with van der Waals surface area (Å²) in [6.45, 7) is 0. The summed E-state index contributed by atoms with van der Waals surface area (Å²) in [4.78, 5) is 0. The van der Waals surface area contributed by atoms with Crippen LogP contribution >= 0.6 is 11.3 Å². The topological polar surface area (TPSA) is 0 Å². The number of fused-ring (bicyclic) bond motifs is 3. The van der Waals surface area contributed by atoms with E-state index in [-0.39, 0.29) is 0 Å². The number of hydrogen-bond donors (Lipinski definition) is 0. The minimum Gasteiger partial charge on any atom is -0.135 e. The lowest BCUT2D eigenvalue weighted by molar-refractivity contribution is 1.67. The van der Waals surface area contributed by atoms with Crippen LogP contribution in [-0.2, 0) is 0 Å². The molecule has 0 saturated carbocycles. The lowest BCUT2D eigenvalue weighted by Crippen LogP contribution is -1.76. The third-order valence-corrected chi connectivity index (χ3v) is 4.60. The molecule has 0 bridgehead atoms. The van der Waals surface area contributed by atoms with Crippen LogP contribution in [0, 0.1) is 6.07 Å². The van der Waals surface area contributed by atoms with Crippen LogP contribution in [0.3, 0.4) is 0 Å². The quantitative estimate of drug-likeness (QED) is 0.422. The van der Waals surface area contributed by atoms with Gasteiger partial charge in [0, 0.05) is 20.2 Å². The molecular weight excluding hydrogens is 248 g/mol. The highest BCUT2D eigenvalue weighted by molar-refractivity contribution is 7.26. The predicted molar refractivity (Wildman–Crippen MR) is 83.6 cm³/mol. The summed E-state index contributed by atoms with van der Waals surface area (Å²) in [5.74, 6) is 0. The smallest absolute Gasteiger partial charge is 0.0434 e. The molecule has 0 aliphatic rings. The SMILES string of the molecule is [c]1cccc2sc3c(-c4ccccc4)cccc3c12. The lowest BCUT2D eigenvalue weighted by atomic mass is 10.0. The number of thiophene rings is 1. The minimum atomic E-state index is 1.24. The van der Waals surface area contributed by atoms with E-state index >= 15 is 0 Å². The molecule has 0 unspecified atom stereocenters. The van der Waals surface area contributed by atoms with E-state index in [1.54, 1.807) is 0 Å². The van der Waals surface area contributed by atoms with E-state index in [0.29, 0.717) is 0 Å². The van der Waals surface area contributed by atoms with E-state index in [1.165, 1.54) is 31.3 Å². The first-order valence-electron chi connectivity index (χ1n) is 6.31. The minimum absolute atomic E-state index is 1.24. The maximum Gasteiger partial charge on any atom is 0.0434 e. The molecule has 3 aromatic carbocycles. The summed E-state index contributed by atoms with van der Waals surface area (Å²) in [5.41, 5.74) is 2.59. The maximum absolute atomic E-state index is 3.36. The second kappa shape index (κ2) is 4.22. The van der Waals surface area contributed by atoms with Gasteiger partial charge >= 0.3 is 0 Å². The van der Waals surface area contributed by atoms with Gasteiger partial charge in [-0.1, -0.05) is 60.7 Å². The number of benzene rings is 3. The monoisotopic (exact) mass is 259 g/mol. The van der Waals surface area contributed by atoms with Gasteiger partial charge in [0.05, 0.1) is 0 Å². The van der Waals surface area contributed by atoms with Crippen LogP contribution in [0.1, 0.15) is 0 Å². The molecule has 0 spiro atoms. The van der Waals surface area contributed by atoms with Crippen molar-refractivity contribution in [1.29, 1.82) is 0 Å². The van der Waals surface area contributed by atoms with Crippen LogP contribution in [0.2, 0.25) is 0 Å². The second-order valence-corrected chi connectivity index (χ2v) is 5.61. The van der Waals surface area contributed by atoms with Crippen LogP contribution in [0.15, 0.2) is 66.7 Å². The first kappa shape index (κ1) is 10.8. The van der Waals surface area contributed by atoms with Gasteiger partial charge in [0.2, 0.25) is 0 Å². The van der Waals surface area contributed by atoms with Crippen molar-refractivity contribution < 1.29 is 0 Å². The van der Waals surface area contributed by atoms with E-state index in [9.17, 15) is 0 Å². The third kappa shape index (κ3) is 1.66. The largest absolute Gasteiger partial charge is 0.135 e. The first-order chi connectivity index (χ1) is 9.43. The van der Waals surface area contributed by atoms with Crippen LogP contribution in [0.4, 0.5) is 0 Å². The summed E-state index contributed by atoms with van der Waals surface area (Å²) in [7, 11) is 0. The molecule has 4 rings (SSSR count). The van der Waals surface area contributed by atoms with Crippen molar-refractivity contribution in [3.8, 4) is 11.1 Å². The highest BCUT2D eigenvalue weighted by Crippen LogP contribution is 2.39. The molecule has 0 N–H and O–H groups in total. The summed E-state index contributed by atoms with van der Waals surface area (Å²) >= 11 is 1.85. The summed E-state index contributed by atoms with van der Waals surface area (Å²) in [5, 5.41) is 2.54. The van der Waals surface area contributed by atoms with Gasteiger partial charge in [-0.25, -0.2) is 0 Å². The Kier molecular flexibility index (Phi) is 2.39. The van der Waals surface area contributed by atoms with Gasteiger partial charge in [-0.15, -0.1) is 11.3 Å². The molecule has 4 aromatic rings. The summed E-state index contributed by atoms with van der Waals surface area (Å²) < 4.78 is 2.66. The number of hydrogen-bond acceptors (Lipinski definition) is 1. The van der Waals surface area contributed by atoms with E-state index in [2.05, 4.69) is 66.7 Å². The van der Waals surface area contributed by atoms with Gasteiger partial charge in [-0.05, 0) is 23.3 Å². The van der Waals surface area contributed by atoms with Gasteiger partial charge in [-0.3, -0.25) is 0 Å². The van der Waals surface area contributed by atoms with Gasteiger partial charge in [0.25, 0.3) is 0 Å². The molecule has 19 heavy (non-hydrogen) atoms. The average Bonchev–Trinajstić information content (AvgIpc) is 2.87. The maximum atomic E-state index is 3.36. The Morgan fingerprint density at radius 1 is 0.789 bits per heavy atom. The Hall–Kier alpha value is -2.12. The molecule has 0 aliphatic heterocycles. The zero-order valence-electron chi connectivity index (χ0n) is 10.3. The van der Waals surface area contributed by atoms with Crippen LogP contribution < -0.4 is 0 Å². The lowest BCUT2D eigenvalue weighted by Gasteiger charge is -2.02. The molecule has 1 heterocycles. The summed E-state index contributed by atoms with van der Waals surface area (Å²) in [6, 6.07) is 26.7. The Labute approximate surface area is 115 Å². The normalized spacial score (nSPS) is 11.2. The van der Waals surface area contributed by atoms with E-state index in [0.717, 1.165) is 0 Å². The van der Waals surface area contributed by atoms with Gasteiger partial charge < -0.3 is 0 Å². The zero-order valence-corrected chi connectivity index (χ0v) is 11.1. The third-order valence-electron chi connectivity index (χ3n) is 3.40. The van der Waals surface area contributed by atoms with E-state index in [4.69, 9.17) is 0 Å². The van der Waals surface area contributed by atoms with E-state index < -0.39 is 0 Å². The first-order valence-corrected chi connectivity index (χ1v) is 7.12. The number of rotatable bonds is 1. The highest BCUT2D eigenvalue weighted by Gasteiger charge is 2.09. The van der Waals surface area contributed by atoms with Gasteiger partial charge in [0.15, 0.2) is 0 Å². The molecule has 89 valence electrons.